The molecule has 1 saturated heterocycles. The van der Waals surface area contributed by atoms with E-state index in [4.69, 9.17) is 10.3 Å². The van der Waals surface area contributed by atoms with Gasteiger partial charge in [-0.1, -0.05) is 49.3 Å². The van der Waals surface area contributed by atoms with Gasteiger partial charge in [0, 0.05) is 15.9 Å². The lowest BCUT2D eigenvalue weighted by molar-refractivity contribution is -0.144. The molecule has 2 atom stereocenters. The molecule has 6 nitrogen and oxygen atoms in total. The van der Waals surface area contributed by atoms with E-state index in [9.17, 15) is 4.79 Å². The van der Waals surface area contributed by atoms with Crippen LogP contribution < -0.4 is 0 Å². The molecular formula is C17H24N4O2. The predicted octanol–water partition coefficient (Wildman–Crippen LogP) is 3.88. The molecule has 1 amide bonds. The molecule has 124 valence electrons. The highest BCUT2D eigenvalue weighted by Gasteiger charge is 2.57. The molecule has 0 N–H and O–H groups in total. The van der Waals surface area contributed by atoms with E-state index in [1.54, 1.807) is 4.90 Å². The molecule has 1 fully saturated rings. The lowest BCUT2D eigenvalue weighted by Gasteiger charge is -2.37. The minimum Gasteiger partial charge on any atom is -0.363 e. The fraction of sp³-hybridized carbons (Fsp3) is 0.588. The Labute approximate surface area is 137 Å². The fourth-order valence-electron chi connectivity index (χ4n) is 3.02. The van der Waals surface area contributed by atoms with Crippen molar-refractivity contribution >= 4 is 5.91 Å². The average molecular weight is 316 g/mol. The van der Waals surface area contributed by atoms with E-state index in [2.05, 4.69) is 10.0 Å². The van der Waals surface area contributed by atoms with Gasteiger partial charge in [0.15, 0.2) is 0 Å². The Morgan fingerprint density at radius 2 is 1.91 bits per heavy atom. The number of hydrogen-bond acceptors (Lipinski definition) is 3. The van der Waals surface area contributed by atoms with E-state index >= 15 is 0 Å². The zero-order chi connectivity index (χ0) is 17.3. The number of nitrogens with zero attached hydrogens (tertiary/aromatic N) is 4. The number of hydrogen-bond donors (Lipinski definition) is 0. The maximum absolute atomic E-state index is 12.9. The first-order valence-corrected chi connectivity index (χ1v) is 7.72. The van der Waals surface area contributed by atoms with Gasteiger partial charge in [-0.25, -0.2) is 0 Å². The van der Waals surface area contributed by atoms with E-state index in [0.29, 0.717) is 6.61 Å². The number of azide groups is 1. The van der Waals surface area contributed by atoms with Crippen molar-refractivity contribution in [3.63, 3.8) is 0 Å². The summed E-state index contributed by atoms with van der Waals surface area (Å²) in [7, 11) is 0. The van der Waals surface area contributed by atoms with Crippen molar-refractivity contribution in [2.45, 2.75) is 59.0 Å². The zero-order valence-electron chi connectivity index (χ0n) is 14.4. The topological polar surface area (TPSA) is 78.3 Å². The number of ether oxygens (including phenoxy) is 1. The molecule has 1 aliphatic rings. The van der Waals surface area contributed by atoms with Crippen LogP contribution in [0.2, 0.25) is 0 Å². The van der Waals surface area contributed by atoms with Gasteiger partial charge < -0.3 is 9.64 Å². The third kappa shape index (κ3) is 3.33. The van der Waals surface area contributed by atoms with Crippen LogP contribution in [0.25, 0.3) is 10.4 Å². The summed E-state index contributed by atoms with van der Waals surface area (Å²) in [6, 6.07) is 9.72. The van der Waals surface area contributed by atoms with E-state index in [-0.39, 0.29) is 5.91 Å². The second kappa shape index (κ2) is 6.22. The minimum atomic E-state index is -0.641. The van der Waals surface area contributed by atoms with Crippen molar-refractivity contribution in [1.82, 2.24) is 4.90 Å². The van der Waals surface area contributed by atoms with Gasteiger partial charge in [-0.05, 0) is 31.9 Å². The molecule has 0 spiro atoms. The van der Waals surface area contributed by atoms with E-state index in [1.165, 1.54) is 0 Å². The van der Waals surface area contributed by atoms with Crippen molar-refractivity contribution in [2.75, 3.05) is 0 Å². The molecule has 2 rings (SSSR count). The van der Waals surface area contributed by atoms with Crippen LogP contribution in [0.3, 0.4) is 0 Å². The Bertz CT molecular complexity index is 615. The van der Waals surface area contributed by atoms with Gasteiger partial charge in [0.2, 0.25) is 0 Å². The number of benzene rings is 1. The quantitative estimate of drug-likeness (QED) is 0.480. The summed E-state index contributed by atoms with van der Waals surface area (Å²) in [5.74, 6) is -0.129. The third-order valence-corrected chi connectivity index (χ3v) is 4.19. The van der Waals surface area contributed by atoms with Gasteiger partial charge in [0.1, 0.15) is 12.3 Å². The number of likely N-dealkylation sites (tertiary alicyclic amines) is 1. The molecule has 0 radical (unpaired) electrons. The number of rotatable bonds is 4. The van der Waals surface area contributed by atoms with Crippen LogP contribution in [0, 0.1) is 5.41 Å². The molecule has 1 aromatic rings. The standard InChI is InChI=1S/C17H24N4O2/c1-16(2,3)21-14(22)13(17(4,5)15(21)19-20-18)23-11-12-9-7-6-8-10-12/h6-10,13,15H,11H2,1-5H3/t13-,15+/m1/s1. The van der Waals surface area contributed by atoms with Crippen LogP contribution in [-0.4, -0.2) is 28.6 Å². The summed E-state index contributed by atoms with van der Waals surface area (Å²) in [5.41, 5.74) is 8.86. The second-order valence-corrected chi connectivity index (χ2v) is 7.46. The number of carbonyl (C=O) groups is 1. The van der Waals surface area contributed by atoms with Crippen molar-refractivity contribution in [3.05, 3.63) is 46.3 Å². The Morgan fingerprint density at radius 1 is 1.30 bits per heavy atom. The SMILES string of the molecule is CC1(C)[C@H](OCc2ccccc2)C(=O)N(C(C)(C)C)[C@@H]1N=[N+]=[N-]. The minimum absolute atomic E-state index is 0.129. The van der Waals surface area contributed by atoms with Gasteiger partial charge in [0.25, 0.3) is 5.91 Å². The first-order chi connectivity index (χ1) is 10.7. The smallest absolute Gasteiger partial charge is 0.253 e. The zero-order valence-corrected chi connectivity index (χ0v) is 14.4. The number of carbonyl (C=O) groups excluding carboxylic acids is 1. The monoisotopic (exact) mass is 316 g/mol. The Hall–Kier alpha value is -2.04. The fourth-order valence-corrected chi connectivity index (χ4v) is 3.02. The molecule has 1 heterocycles. The third-order valence-electron chi connectivity index (χ3n) is 4.19. The lowest BCUT2D eigenvalue weighted by atomic mass is 9.86. The van der Waals surface area contributed by atoms with Crippen molar-refractivity contribution in [1.29, 1.82) is 0 Å². The van der Waals surface area contributed by atoms with Crippen molar-refractivity contribution in [2.24, 2.45) is 10.5 Å². The molecular weight excluding hydrogens is 292 g/mol. The molecule has 0 bridgehead atoms. The molecule has 0 unspecified atom stereocenters. The molecule has 23 heavy (non-hydrogen) atoms. The summed E-state index contributed by atoms with van der Waals surface area (Å²) in [5, 5.41) is 3.89. The summed E-state index contributed by atoms with van der Waals surface area (Å²) < 4.78 is 5.94. The van der Waals surface area contributed by atoms with Crippen LogP contribution in [0.5, 0.6) is 0 Å². The van der Waals surface area contributed by atoms with Crippen LogP contribution in [0.1, 0.15) is 40.2 Å². The van der Waals surface area contributed by atoms with E-state index in [1.807, 2.05) is 65.0 Å². The Kier molecular flexibility index (Phi) is 4.68. The van der Waals surface area contributed by atoms with Crippen molar-refractivity contribution < 1.29 is 9.53 Å². The highest BCUT2D eigenvalue weighted by molar-refractivity contribution is 5.85. The summed E-state index contributed by atoms with van der Waals surface area (Å²) in [4.78, 5) is 17.5. The number of amides is 1. The second-order valence-electron chi connectivity index (χ2n) is 7.46. The van der Waals surface area contributed by atoms with Gasteiger partial charge in [-0.15, -0.1) is 0 Å². The van der Waals surface area contributed by atoms with Gasteiger partial charge in [-0.3, -0.25) is 4.79 Å². The maximum Gasteiger partial charge on any atom is 0.253 e. The van der Waals surface area contributed by atoms with Crippen molar-refractivity contribution in [3.8, 4) is 0 Å². The highest BCUT2D eigenvalue weighted by Crippen LogP contribution is 2.43. The van der Waals surface area contributed by atoms with E-state index < -0.39 is 23.2 Å². The maximum atomic E-state index is 12.9. The molecule has 0 aliphatic carbocycles. The van der Waals surface area contributed by atoms with E-state index in [0.717, 1.165) is 5.56 Å². The molecule has 1 aromatic carbocycles. The molecule has 0 aromatic heterocycles. The summed E-state index contributed by atoms with van der Waals surface area (Å²) in [6.07, 6.45) is -1.21. The molecule has 1 aliphatic heterocycles. The Balaban J connectivity index is 2.28. The summed E-state index contributed by atoms with van der Waals surface area (Å²) in [6.45, 7) is 9.96. The first kappa shape index (κ1) is 17.3. The highest BCUT2D eigenvalue weighted by atomic mass is 16.5. The van der Waals surface area contributed by atoms with Gasteiger partial charge in [-0.2, -0.15) is 0 Å². The molecule has 6 heteroatoms. The first-order valence-electron chi connectivity index (χ1n) is 7.72. The normalized spacial score (nSPS) is 23.7. The largest absolute Gasteiger partial charge is 0.363 e. The van der Waals surface area contributed by atoms with Crippen LogP contribution >= 0.6 is 0 Å². The van der Waals surface area contributed by atoms with Gasteiger partial charge >= 0.3 is 0 Å². The van der Waals surface area contributed by atoms with Crippen LogP contribution in [0.4, 0.5) is 0 Å². The predicted molar refractivity (Wildman–Crippen MR) is 88.3 cm³/mol. The molecule has 0 saturated carbocycles. The van der Waals surface area contributed by atoms with Crippen LogP contribution in [-0.2, 0) is 16.1 Å². The summed E-state index contributed by atoms with van der Waals surface area (Å²) >= 11 is 0. The van der Waals surface area contributed by atoms with Gasteiger partial charge in [0.05, 0.1) is 6.61 Å². The average Bonchev–Trinajstić information content (AvgIpc) is 2.65. The Morgan fingerprint density at radius 3 is 2.43 bits per heavy atom. The lowest BCUT2D eigenvalue weighted by Crippen LogP contribution is -2.48. The van der Waals surface area contributed by atoms with Crippen LogP contribution in [0.15, 0.2) is 35.4 Å².